The number of nitrogens with one attached hydrogen (secondary N) is 1. The van der Waals surface area contributed by atoms with E-state index in [4.69, 9.17) is 21.7 Å². The zero-order valence-corrected chi connectivity index (χ0v) is 13.5. The van der Waals surface area contributed by atoms with Crippen LogP contribution in [0.2, 0.25) is 0 Å². The second-order valence-electron chi connectivity index (χ2n) is 5.51. The minimum Gasteiger partial charge on any atom is -0.454 e. The second-order valence-corrected chi connectivity index (χ2v) is 5.90. The molecule has 0 atom stereocenters. The van der Waals surface area contributed by atoms with Crippen molar-refractivity contribution in [2.75, 3.05) is 17.0 Å². The molecule has 4 rings (SSSR count). The number of nitrogens with zero attached hydrogens (tertiary/aromatic N) is 1. The number of rotatable bonds is 1. The van der Waals surface area contributed by atoms with Crippen LogP contribution >= 0.6 is 12.2 Å². The van der Waals surface area contributed by atoms with Crippen LogP contribution in [0, 0.1) is 0 Å². The highest BCUT2D eigenvalue weighted by atomic mass is 32.1. The summed E-state index contributed by atoms with van der Waals surface area (Å²) in [6, 6.07) is 8.40. The van der Waals surface area contributed by atoms with Crippen LogP contribution in [0.1, 0.15) is 11.1 Å². The van der Waals surface area contributed by atoms with Crippen LogP contribution in [0.5, 0.6) is 11.5 Å². The van der Waals surface area contributed by atoms with Gasteiger partial charge in [0, 0.05) is 17.3 Å². The fourth-order valence-corrected chi connectivity index (χ4v) is 3.12. The lowest BCUT2D eigenvalue weighted by atomic mass is 10.0. The number of benzene rings is 2. The zero-order valence-electron chi connectivity index (χ0n) is 12.7. The Hall–Kier alpha value is -2.74. The van der Waals surface area contributed by atoms with Gasteiger partial charge in [0.1, 0.15) is 0 Å². The van der Waals surface area contributed by atoms with Gasteiger partial charge >= 0.3 is 6.18 Å². The van der Waals surface area contributed by atoms with Gasteiger partial charge in [-0.25, -0.2) is 0 Å². The maximum Gasteiger partial charge on any atom is 0.416 e. The number of alkyl halides is 3. The van der Waals surface area contributed by atoms with Gasteiger partial charge in [-0.15, -0.1) is 0 Å². The SMILES string of the molecule is C=C1c2cc3c(cc2NC(=S)N1c1cccc(C(F)(F)F)c1)OCO3. The van der Waals surface area contributed by atoms with Crippen molar-refractivity contribution < 1.29 is 22.6 Å². The lowest BCUT2D eigenvalue weighted by molar-refractivity contribution is -0.137. The third-order valence-corrected chi connectivity index (χ3v) is 4.25. The number of halogens is 3. The molecule has 0 saturated carbocycles. The van der Waals surface area contributed by atoms with Gasteiger partial charge in [0.05, 0.1) is 16.9 Å². The molecule has 25 heavy (non-hydrogen) atoms. The van der Waals surface area contributed by atoms with Gasteiger partial charge in [-0.05, 0) is 36.5 Å². The Morgan fingerprint density at radius 1 is 1.12 bits per heavy atom. The molecule has 0 amide bonds. The summed E-state index contributed by atoms with van der Waals surface area (Å²) in [4.78, 5) is 1.47. The van der Waals surface area contributed by atoms with E-state index in [9.17, 15) is 13.2 Å². The molecule has 0 radical (unpaired) electrons. The number of hydrogen-bond acceptors (Lipinski definition) is 3. The highest BCUT2D eigenvalue weighted by molar-refractivity contribution is 7.80. The summed E-state index contributed by atoms with van der Waals surface area (Å²) in [6.45, 7) is 4.12. The van der Waals surface area contributed by atoms with Gasteiger partial charge in [0.2, 0.25) is 6.79 Å². The first kappa shape index (κ1) is 15.8. The van der Waals surface area contributed by atoms with E-state index in [0.29, 0.717) is 28.4 Å². The van der Waals surface area contributed by atoms with Gasteiger partial charge in [0.15, 0.2) is 16.6 Å². The lowest BCUT2D eigenvalue weighted by Gasteiger charge is -2.34. The summed E-state index contributed by atoms with van der Waals surface area (Å²) in [6.07, 6.45) is -4.44. The fraction of sp³-hybridized carbons (Fsp3) is 0.118. The summed E-state index contributed by atoms with van der Waals surface area (Å²) in [7, 11) is 0. The lowest BCUT2D eigenvalue weighted by Crippen LogP contribution is -2.37. The minimum absolute atomic E-state index is 0.118. The molecule has 2 aliphatic rings. The number of ether oxygens (including phenoxy) is 2. The number of anilines is 2. The molecule has 0 unspecified atom stereocenters. The predicted octanol–water partition coefficient (Wildman–Crippen LogP) is 4.62. The molecule has 128 valence electrons. The van der Waals surface area contributed by atoms with E-state index in [2.05, 4.69) is 11.9 Å². The highest BCUT2D eigenvalue weighted by Crippen LogP contribution is 2.43. The molecule has 2 aliphatic heterocycles. The van der Waals surface area contributed by atoms with Crippen molar-refractivity contribution in [3.63, 3.8) is 0 Å². The average Bonchev–Trinajstić information content (AvgIpc) is 3.00. The third-order valence-electron chi connectivity index (χ3n) is 3.97. The van der Waals surface area contributed by atoms with Gasteiger partial charge < -0.3 is 14.8 Å². The van der Waals surface area contributed by atoms with Crippen LogP contribution in [0.3, 0.4) is 0 Å². The largest absolute Gasteiger partial charge is 0.454 e. The van der Waals surface area contributed by atoms with Crippen molar-refractivity contribution in [2.24, 2.45) is 0 Å². The van der Waals surface area contributed by atoms with Gasteiger partial charge in [-0.2, -0.15) is 13.2 Å². The van der Waals surface area contributed by atoms with Crippen molar-refractivity contribution >= 4 is 34.4 Å². The Morgan fingerprint density at radius 2 is 1.84 bits per heavy atom. The van der Waals surface area contributed by atoms with Crippen LogP contribution in [0.4, 0.5) is 24.5 Å². The second kappa shape index (κ2) is 5.38. The molecule has 8 heteroatoms. The topological polar surface area (TPSA) is 33.7 Å². The van der Waals surface area contributed by atoms with E-state index in [-0.39, 0.29) is 17.6 Å². The molecule has 0 spiro atoms. The van der Waals surface area contributed by atoms with E-state index in [1.807, 2.05) is 0 Å². The van der Waals surface area contributed by atoms with Crippen molar-refractivity contribution in [1.82, 2.24) is 0 Å². The van der Waals surface area contributed by atoms with Crippen LogP contribution < -0.4 is 19.7 Å². The Labute approximate surface area is 146 Å². The van der Waals surface area contributed by atoms with E-state index < -0.39 is 11.7 Å². The third kappa shape index (κ3) is 2.58. The summed E-state index contributed by atoms with van der Waals surface area (Å²) in [5, 5.41) is 3.24. The van der Waals surface area contributed by atoms with Crippen molar-refractivity contribution in [2.45, 2.75) is 6.18 Å². The van der Waals surface area contributed by atoms with Crippen molar-refractivity contribution in [3.05, 3.63) is 54.1 Å². The van der Waals surface area contributed by atoms with Gasteiger partial charge in [-0.3, -0.25) is 4.90 Å². The number of thiocarbonyl (C=S) groups is 1. The smallest absolute Gasteiger partial charge is 0.416 e. The van der Waals surface area contributed by atoms with E-state index >= 15 is 0 Å². The molecule has 0 fully saturated rings. The number of hydrogen-bond donors (Lipinski definition) is 1. The molecule has 1 N–H and O–H groups in total. The quantitative estimate of drug-likeness (QED) is 0.747. The van der Waals surface area contributed by atoms with Crippen molar-refractivity contribution in [1.29, 1.82) is 0 Å². The zero-order chi connectivity index (χ0) is 17.8. The molecule has 0 aliphatic carbocycles. The van der Waals surface area contributed by atoms with Gasteiger partial charge in [-0.1, -0.05) is 12.6 Å². The minimum atomic E-state index is -4.44. The first-order valence-corrected chi connectivity index (χ1v) is 7.67. The maximum absolute atomic E-state index is 13.0. The highest BCUT2D eigenvalue weighted by Gasteiger charge is 2.33. The molecular formula is C17H11F3N2O2S. The molecule has 0 bridgehead atoms. The molecule has 2 aromatic rings. The van der Waals surface area contributed by atoms with Crippen LogP contribution in [0.25, 0.3) is 5.70 Å². The molecule has 2 aromatic carbocycles. The first-order chi connectivity index (χ1) is 11.8. The normalized spacial score (nSPS) is 15.9. The summed E-state index contributed by atoms with van der Waals surface area (Å²) >= 11 is 5.33. The molecule has 0 saturated heterocycles. The standard InChI is InChI=1S/C17H11F3N2O2S/c1-9-12-6-14-15(24-8-23-14)7-13(12)21-16(25)22(9)11-4-2-3-10(5-11)17(18,19)20/h2-7H,1,8H2,(H,21,25). The molecule has 2 heterocycles. The van der Waals surface area contributed by atoms with Crippen LogP contribution in [-0.2, 0) is 6.18 Å². The average molecular weight is 364 g/mol. The summed E-state index contributed by atoms with van der Waals surface area (Å²) in [5.74, 6) is 1.13. The monoisotopic (exact) mass is 364 g/mol. The Kier molecular flexibility index (Phi) is 3.40. The summed E-state index contributed by atoms with van der Waals surface area (Å²) < 4.78 is 49.7. The molecular weight excluding hydrogens is 353 g/mol. The Balaban J connectivity index is 1.77. The van der Waals surface area contributed by atoms with E-state index in [0.717, 1.165) is 12.1 Å². The Morgan fingerprint density at radius 3 is 2.56 bits per heavy atom. The number of fused-ring (bicyclic) bond motifs is 2. The van der Waals surface area contributed by atoms with Crippen LogP contribution in [0.15, 0.2) is 43.0 Å². The van der Waals surface area contributed by atoms with Crippen LogP contribution in [-0.4, -0.2) is 11.9 Å². The first-order valence-electron chi connectivity index (χ1n) is 7.26. The molecule has 0 aromatic heterocycles. The fourth-order valence-electron chi connectivity index (χ4n) is 2.79. The Bertz CT molecular complexity index is 911. The van der Waals surface area contributed by atoms with E-state index in [1.165, 1.54) is 11.0 Å². The predicted molar refractivity (Wildman–Crippen MR) is 91.7 cm³/mol. The van der Waals surface area contributed by atoms with Gasteiger partial charge in [0.25, 0.3) is 0 Å². The maximum atomic E-state index is 13.0. The van der Waals surface area contributed by atoms with E-state index in [1.54, 1.807) is 18.2 Å². The molecule has 4 nitrogen and oxygen atoms in total. The van der Waals surface area contributed by atoms with Crippen molar-refractivity contribution in [3.8, 4) is 11.5 Å². The summed E-state index contributed by atoms with van der Waals surface area (Å²) in [5.41, 5.74) is 1.33.